The number of benzene rings is 1. The molecule has 0 aromatic heterocycles. The molecule has 3 heteroatoms. The zero-order valence-corrected chi connectivity index (χ0v) is 12.5. The number of likely N-dealkylation sites (tertiary alicyclic amines) is 1. The Morgan fingerprint density at radius 2 is 2.15 bits per heavy atom. The fourth-order valence-corrected chi connectivity index (χ4v) is 3.72. The first kappa shape index (κ1) is 13.9. The van der Waals surface area contributed by atoms with E-state index in [0.29, 0.717) is 6.04 Å². The molecule has 2 unspecified atom stereocenters. The Hall–Kier alpha value is -1.06. The van der Waals surface area contributed by atoms with E-state index in [0.717, 1.165) is 31.4 Å². The average molecular weight is 274 g/mol. The summed E-state index contributed by atoms with van der Waals surface area (Å²) >= 11 is 0. The van der Waals surface area contributed by atoms with Gasteiger partial charge in [-0.2, -0.15) is 0 Å². The van der Waals surface area contributed by atoms with Gasteiger partial charge in [-0.1, -0.05) is 24.6 Å². The topological polar surface area (TPSA) is 24.5 Å². The first-order valence-electron chi connectivity index (χ1n) is 8.02. The highest BCUT2D eigenvalue weighted by atomic mass is 16.5. The summed E-state index contributed by atoms with van der Waals surface area (Å²) in [4.78, 5) is 2.75. The molecule has 0 amide bonds. The van der Waals surface area contributed by atoms with Gasteiger partial charge in [0, 0.05) is 24.1 Å². The van der Waals surface area contributed by atoms with Crippen molar-refractivity contribution in [1.29, 1.82) is 0 Å². The van der Waals surface area contributed by atoms with Gasteiger partial charge in [0.15, 0.2) is 0 Å². The lowest BCUT2D eigenvalue weighted by Gasteiger charge is -2.43. The molecule has 1 aromatic carbocycles. The third-order valence-corrected chi connectivity index (χ3v) is 4.73. The van der Waals surface area contributed by atoms with E-state index in [4.69, 9.17) is 4.74 Å². The largest absolute Gasteiger partial charge is 0.493 e. The summed E-state index contributed by atoms with van der Waals surface area (Å²) in [6.07, 6.45) is 6.47. The maximum absolute atomic E-state index is 5.82. The van der Waals surface area contributed by atoms with Gasteiger partial charge in [-0.25, -0.2) is 0 Å². The molecule has 3 nitrogen and oxygen atoms in total. The Balaban J connectivity index is 1.80. The van der Waals surface area contributed by atoms with Crippen molar-refractivity contribution in [3.8, 4) is 5.75 Å². The Morgan fingerprint density at radius 3 is 3.05 bits per heavy atom. The van der Waals surface area contributed by atoms with Gasteiger partial charge in [0.2, 0.25) is 0 Å². The van der Waals surface area contributed by atoms with Crippen LogP contribution < -0.4 is 10.1 Å². The Bertz CT molecular complexity index is 435. The molecule has 0 aliphatic carbocycles. The van der Waals surface area contributed by atoms with Crippen molar-refractivity contribution >= 4 is 0 Å². The van der Waals surface area contributed by atoms with Gasteiger partial charge in [-0.05, 0) is 45.5 Å². The molecule has 0 spiro atoms. The minimum atomic E-state index is 0.558. The first-order valence-corrected chi connectivity index (χ1v) is 8.02. The van der Waals surface area contributed by atoms with E-state index in [2.05, 4.69) is 41.5 Å². The predicted octanol–water partition coefficient (Wildman–Crippen LogP) is 2.97. The van der Waals surface area contributed by atoms with E-state index in [9.17, 15) is 0 Å². The van der Waals surface area contributed by atoms with Crippen LogP contribution in [0.25, 0.3) is 0 Å². The molecule has 0 radical (unpaired) electrons. The lowest BCUT2D eigenvalue weighted by molar-refractivity contribution is 0.0633. The fraction of sp³-hybridized carbons (Fsp3) is 0.647. The number of rotatable bonds is 4. The highest BCUT2D eigenvalue weighted by Gasteiger charge is 2.32. The molecule has 0 saturated carbocycles. The van der Waals surface area contributed by atoms with Crippen LogP contribution in [0.4, 0.5) is 0 Å². The van der Waals surface area contributed by atoms with Crippen molar-refractivity contribution in [2.24, 2.45) is 0 Å². The van der Waals surface area contributed by atoms with Crippen molar-refractivity contribution in [1.82, 2.24) is 10.2 Å². The Morgan fingerprint density at radius 1 is 1.25 bits per heavy atom. The molecule has 1 aromatic rings. The second-order valence-electron chi connectivity index (χ2n) is 5.97. The summed E-state index contributed by atoms with van der Waals surface area (Å²) in [6, 6.07) is 9.88. The summed E-state index contributed by atoms with van der Waals surface area (Å²) in [5, 5.41) is 3.31. The predicted molar refractivity (Wildman–Crippen MR) is 82.2 cm³/mol. The maximum atomic E-state index is 5.82. The Labute approximate surface area is 122 Å². The normalized spacial score (nSPS) is 26.9. The Kier molecular flexibility index (Phi) is 4.58. The van der Waals surface area contributed by atoms with E-state index in [-0.39, 0.29) is 0 Å². The highest BCUT2D eigenvalue weighted by Crippen LogP contribution is 2.39. The van der Waals surface area contributed by atoms with E-state index >= 15 is 0 Å². The molecule has 2 heterocycles. The lowest BCUT2D eigenvalue weighted by atomic mass is 9.91. The highest BCUT2D eigenvalue weighted by molar-refractivity contribution is 5.37. The van der Waals surface area contributed by atoms with Crippen LogP contribution in [0.2, 0.25) is 0 Å². The van der Waals surface area contributed by atoms with Crippen LogP contribution in [-0.4, -0.2) is 37.7 Å². The molecule has 110 valence electrons. The molecule has 20 heavy (non-hydrogen) atoms. The van der Waals surface area contributed by atoms with E-state index in [1.54, 1.807) is 0 Å². The zero-order valence-electron chi connectivity index (χ0n) is 12.5. The van der Waals surface area contributed by atoms with Gasteiger partial charge in [-0.15, -0.1) is 0 Å². The van der Waals surface area contributed by atoms with Gasteiger partial charge >= 0.3 is 0 Å². The molecular formula is C17H26N2O. The number of piperidine rings is 1. The minimum absolute atomic E-state index is 0.558. The third kappa shape index (κ3) is 2.84. The number of hydrogen-bond acceptors (Lipinski definition) is 3. The van der Waals surface area contributed by atoms with E-state index in [1.165, 1.54) is 37.8 Å². The molecule has 1 fully saturated rings. The van der Waals surface area contributed by atoms with E-state index < -0.39 is 0 Å². The monoisotopic (exact) mass is 274 g/mol. The van der Waals surface area contributed by atoms with Gasteiger partial charge in [0.1, 0.15) is 5.75 Å². The summed E-state index contributed by atoms with van der Waals surface area (Å²) in [6.45, 7) is 3.22. The number of nitrogens with zero attached hydrogens (tertiary/aromatic N) is 1. The van der Waals surface area contributed by atoms with Crippen molar-refractivity contribution in [3.63, 3.8) is 0 Å². The number of fused-ring (bicyclic) bond motifs is 1. The van der Waals surface area contributed by atoms with Crippen LogP contribution in [0.15, 0.2) is 24.3 Å². The van der Waals surface area contributed by atoms with Crippen molar-refractivity contribution in [2.75, 3.05) is 26.7 Å². The van der Waals surface area contributed by atoms with Crippen LogP contribution in [-0.2, 0) is 0 Å². The smallest absolute Gasteiger partial charge is 0.124 e. The molecule has 0 bridgehead atoms. The van der Waals surface area contributed by atoms with Crippen LogP contribution >= 0.6 is 0 Å². The minimum Gasteiger partial charge on any atom is -0.493 e. The zero-order chi connectivity index (χ0) is 13.8. The fourth-order valence-electron chi connectivity index (χ4n) is 3.72. The van der Waals surface area contributed by atoms with Gasteiger partial charge in [-0.3, -0.25) is 4.90 Å². The molecule has 1 saturated heterocycles. The van der Waals surface area contributed by atoms with E-state index in [1.807, 2.05) is 0 Å². The lowest BCUT2D eigenvalue weighted by Crippen LogP contribution is -2.44. The molecule has 2 atom stereocenters. The SMILES string of the molecule is CNCCC1CCCCN1C1CCOc2ccccc21. The van der Waals surface area contributed by atoms with Gasteiger partial charge in [0.25, 0.3) is 0 Å². The van der Waals surface area contributed by atoms with Crippen LogP contribution in [0.1, 0.15) is 43.7 Å². The molecule has 2 aliphatic heterocycles. The number of nitrogens with one attached hydrogen (secondary N) is 1. The van der Waals surface area contributed by atoms with Crippen LogP contribution in [0.5, 0.6) is 5.75 Å². The molecule has 2 aliphatic rings. The number of ether oxygens (including phenoxy) is 1. The average Bonchev–Trinajstić information content (AvgIpc) is 2.53. The molecule has 1 N–H and O–H groups in total. The van der Waals surface area contributed by atoms with Crippen LogP contribution in [0.3, 0.4) is 0 Å². The summed E-state index contributed by atoms with van der Waals surface area (Å²) in [5.41, 5.74) is 1.40. The van der Waals surface area contributed by atoms with Crippen molar-refractivity contribution in [2.45, 2.75) is 44.2 Å². The van der Waals surface area contributed by atoms with Gasteiger partial charge < -0.3 is 10.1 Å². The van der Waals surface area contributed by atoms with Crippen molar-refractivity contribution < 1.29 is 4.74 Å². The maximum Gasteiger partial charge on any atom is 0.124 e. The first-order chi connectivity index (χ1) is 9.90. The molecular weight excluding hydrogens is 248 g/mol. The quantitative estimate of drug-likeness (QED) is 0.913. The summed E-state index contributed by atoms with van der Waals surface area (Å²) in [5.74, 6) is 1.10. The summed E-state index contributed by atoms with van der Waals surface area (Å²) < 4.78 is 5.82. The third-order valence-electron chi connectivity index (χ3n) is 4.73. The second kappa shape index (κ2) is 6.59. The van der Waals surface area contributed by atoms with Crippen LogP contribution in [0, 0.1) is 0 Å². The second-order valence-corrected chi connectivity index (χ2v) is 5.97. The standard InChI is InChI=1S/C17H26N2O/c1-18-11-9-14-6-4-5-12-19(14)16-10-13-20-17-8-3-2-7-15(16)17/h2-3,7-8,14,16,18H,4-6,9-13H2,1H3. The number of para-hydroxylation sites is 1. The van der Waals surface area contributed by atoms with Gasteiger partial charge in [0.05, 0.1) is 6.61 Å². The number of hydrogen-bond donors (Lipinski definition) is 1. The molecule has 3 rings (SSSR count). The van der Waals surface area contributed by atoms with Crippen molar-refractivity contribution in [3.05, 3.63) is 29.8 Å². The summed E-state index contributed by atoms with van der Waals surface area (Å²) in [7, 11) is 2.05.